The Kier molecular flexibility index (Phi) is 8.49. The quantitative estimate of drug-likeness (QED) is 0.540. The molecular weight excluding hydrogens is 380 g/mol. The number of hydrogen-bond acceptors (Lipinski definition) is 5. The summed E-state index contributed by atoms with van der Waals surface area (Å²) in [5.74, 6) is -0.463. The molecule has 1 fully saturated rings. The summed E-state index contributed by atoms with van der Waals surface area (Å²) >= 11 is 0. The summed E-state index contributed by atoms with van der Waals surface area (Å²) in [5.41, 5.74) is 0.659. The molecule has 0 saturated carbocycles. The van der Waals surface area contributed by atoms with Crippen LogP contribution in [0, 0.1) is 23.2 Å². The number of ether oxygens (including phenoxy) is 4. The minimum Gasteiger partial charge on any atom is -0.465 e. The second-order valence-corrected chi connectivity index (χ2v) is 10.2. The minimum atomic E-state index is -0.697. The Morgan fingerprint density at radius 3 is 2.10 bits per heavy atom. The fraction of sp³-hybridized carbons (Fsp3) is 0.720. The van der Waals surface area contributed by atoms with Gasteiger partial charge in [0.15, 0.2) is 5.79 Å². The fourth-order valence-corrected chi connectivity index (χ4v) is 3.90. The molecule has 1 saturated heterocycles. The van der Waals surface area contributed by atoms with Crippen LogP contribution in [0.15, 0.2) is 30.3 Å². The van der Waals surface area contributed by atoms with Gasteiger partial charge in [-0.2, -0.15) is 0 Å². The van der Waals surface area contributed by atoms with Gasteiger partial charge in [0.05, 0.1) is 37.4 Å². The van der Waals surface area contributed by atoms with Gasteiger partial charge in [-0.25, -0.2) is 0 Å². The third kappa shape index (κ3) is 7.07. The molecule has 1 aliphatic rings. The molecule has 1 aromatic rings. The van der Waals surface area contributed by atoms with Crippen molar-refractivity contribution in [2.24, 2.45) is 23.2 Å². The van der Waals surface area contributed by atoms with Gasteiger partial charge in [-0.3, -0.25) is 4.79 Å². The van der Waals surface area contributed by atoms with E-state index in [4.69, 9.17) is 18.9 Å². The molecular formula is C25H40O5. The van der Waals surface area contributed by atoms with Crippen molar-refractivity contribution >= 4 is 5.97 Å². The van der Waals surface area contributed by atoms with Crippen LogP contribution in [0.25, 0.3) is 0 Å². The van der Waals surface area contributed by atoms with Crippen molar-refractivity contribution in [1.82, 2.24) is 0 Å². The van der Waals surface area contributed by atoms with E-state index >= 15 is 0 Å². The van der Waals surface area contributed by atoms with Crippen LogP contribution in [0.1, 0.15) is 61.0 Å². The predicted molar refractivity (Wildman–Crippen MR) is 118 cm³/mol. The maximum atomic E-state index is 12.2. The van der Waals surface area contributed by atoms with Gasteiger partial charge >= 0.3 is 5.97 Å². The first-order valence-electron chi connectivity index (χ1n) is 11.1. The lowest BCUT2D eigenvalue weighted by atomic mass is 9.83. The maximum absolute atomic E-state index is 12.2. The van der Waals surface area contributed by atoms with Crippen molar-refractivity contribution in [2.45, 2.75) is 80.0 Å². The van der Waals surface area contributed by atoms with Gasteiger partial charge in [0, 0.05) is 17.8 Å². The lowest BCUT2D eigenvalue weighted by Crippen LogP contribution is -2.55. The van der Waals surface area contributed by atoms with Crippen molar-refractivity contribution in [3.63, 3.8) is 0 Å². The SMILES string of the molecule is C[C@@H]1[C@H]([C@H](C)COCc2ccccc2)OC(C)(C)O[C@H]1[C@@H](C)COC(=O)C(C)(C)C. The number of benzene rings is 1. The molecule has 5 nitrogen and oxygen atoms in total. The summed E-state index contributed by atoms with van der Waals surface area (Å²) in [6.07, 6.45) is -0.0709. The highest BCUT2D eigenvalue weighted by atomic mass is 16.7. The van der Waals surface area contributed by atoms with Crippen LogP contribution in [0.3, 0.4) is 0 Å². The van der Waals surface area contributed by atoms with Gasteiger partial charge in [0.25, 0.3) is 0 Å². The first-order valence-corrected chi connectivity index (χ1v) is 11.1. The Morgan fingerprint density at radius 1 is 1.03 bits per heavy atom. The molecule has 0 N–H and O–H groups in total. The average Bonchev–Trinajstić information content (AvgIpc) is 2.67. The Balaban J connectivity index is 1.96. The van der Waals surface area contributed by atoms with E-state index in [-0.39, 0.29) is 35.9 Å². The van der Waals surface area contributed by atoms with Gasteiger partial charge in [-0.05, 0) is 40.2 Å². The molecule has 30 heavy (non-hydrogen) atoms. The monoisotopic (exact) mass is 420 g/mol. The van der Waals surface area contributed by atoms with Gasteiger partial charge in [0.1, 0.15) is 0 Å². The van der Waals surface area contributed by atoms with Crippen molar-refractivity contribution in [3.05, 3.63) is 35.9 Å². The van der Waals surface area contributed by atoms with Crippen LogP contribution in [0.2, 0.25) is 0 Å². The second kappa shape index (κ2) is 10.3. The van der Waals surface area contributed by atoms with Gasteiger partial charge < -0.3 is 18.9 Å². The summed E-state index contributed by atoms with van der Waals surface area (Å²) in [7, 11) is 0. The molecule has 0 unspecified atom stereocenters. The Morgan fingerprint density at radius 2 is 1.57 bits per heavy atom. The lowest BCUT2D eigenvalue weighted by molar-refractivity contribution is -0.337. The van der Waals surface area contributed by atoms with Crippen LogP contribution < -0.4 is 0 Å². The molecule has 0 aromatic heterocycles. The topological polar surface area (TPSA) is 54.0 Å². The Hall–Kier alpha value is -1.43. The molecule has 0 aliphatic carbocycles. The highest BCUT2D eigenvalue weighted by molar-refractivity contribution is 5.75. The first-order chi connectivity index (χ1) is 13.9. The van der Waals surface area contributed by atoms with Crippen molar-refractivity contribution in [3.8, 4) is 0 Å². The van der Waals surface area contributed by atoms with Gasteiger partial charge in [0.2, 0.25) is 0 Å². The van der Waals surface area contributed by atoms with Crippen molar-refractivity contribution in [2.75, 3.05) is 13.2 Å². The summed E-state index contributed by atoms with van der Waals surface area (Å²) in [5, 5.41) is 0. The summed E-state index contributed by atoms with van der Waals surface area (Å²) < 4.78 is 24.1. The first kappa shape index (κ1) is 24.8. The second-order valence-electron chi connectivity index (χ2n) is 10.2. The minimum absolute atomic E-state index is 0.00436. The molecule has 1 aliphatic heterocycles. The number of hydrogen-bond donors (Lipinski definition) is 0. The van der Waals surface area contributed by atoms with E-state index in [0.29, 0.717) is 19.8 Å². The number of rotatable bonds is 8. The number of esters is 1. The molecule has 1 heterocycles. The van der Waals surface area contributed by atoms with Crippen LogP contribution in [-0.2, 0) is 30.3 Å². The van der Waals surface area contributed by atoms with Gasteiger partial charge in [-0.1, -0.05) is 51.1 Å². The van der Waals surface area contributed by atoms with E-state index in [1.54, 1.807) is 0 Å². The van der Waals surface area contributed by atoms with E-state index in [0.717, 1.165) is 5.56 Å². The Bertz CT molecular complexity index is 664. The highest BCUT2D eigenvalue weighted by Crippen LogP contribution is 2.38. The zero-order valence-corrected chi connectivity index (χ0v) is 19.9. The molecule has 170 valence electrons. The van der Waals surface area contributed by atoms with Crippen LogP contribution >= 0.6 is 0 Å². The molecule has 0 radical (unpaired) electrons. The summed E-state index contributed by atoms with van der Waals surface area (Å²) in [6, 6.07) is 10.2. The molecule has 5 atom stereocenters. The third-order valence-corrected chi connectivity index (χ3v) is 5.58. The van der Waals surface area contributed by atoms with Crippen LogP contribution in [-0.4, -0.2) is 37.2 Å². The summed E-state index contributed by atoms with van der Waals surface area (Å²) in [6.45, 7) is 17.4. The highest BCUT2D eigenvalue weighted by Gasteiger charge is 2.45. The normalized spacial score (nSPS) is 26.1. The number of carbonyl (C=O) groups excluding carboxylic acids is 1. The third-order valence-electron chi connectivity index (χ3n) is 5.58. The van der Waals surface area contributed by atoms with E-state index in [9.17, 15) is 4.79 Å². The maximum Gasteiger partial charge on any atom is 0.311 e. The zero-order valence-electron chi connectivity index (χ0n) is 19.9. The van der Waals surface area contributed by atoms with Crippen LogP contribution in [0.5, 0.6) is 0 Å². The van der Waals surface area contributed by atoms with E-state index in [2.05, 4.69) is 32.9 Å². The number of carbonyl (C=O) groups is 1. The Labute approximate surface area is 182 Å². The lowest BCUT2D eigenvalue weighted by Gasteiger charge is -2.48. The van der Waals surface area contributed by atoms with E-state index in [1.165, 1.54) is 0 Å². The smallest absolute Gasteiger partial charge is 0.311 e. The largest absolute Gasteiger partial charge is 0.465 e. The van der Waals surface area contributed by atoms with E-state index < -0.39 is 11.2 Å². The molecule has 0 amide bonds. The van der Waals surface area contributed by atoms with Gasteiger partial charge in [-0.15, -0.1) is 0 Å². The molecule has 0 spiro atoms. The molecule has 1 aromatic carbocycles. The standard InChI is InChI=1S/C25H40O5/c1-17(14-27-16-20-12-10-9-11-13-20)21-19(3)22(30-25(7,8)29-21)18(2)15-28-23(26)24(4,5)6/h9-13,17-19,21-22H,14-16H2,1-8H3/t17-,18+,19-,21+,22+/m1/s1. The van der Waals surface area contributed by atoms with Crippen LogP contribution in [0.4, 0.5) is 0 Å². The average molecular weight is 421 g/mol. The predicted octanol–water partition coefficient (Wildman–Crippen LogP) is 5.22. The summed E-state index contributed by atoms with van der Waals surface area (Å²) in [4.78, 5) is 12.2. The van der Waals surface area contributed by atoms with E-state index in [1.807, 2.05) is 52.8 Å². The zero-order chi connectivity index (χ0) is 22.5. The molecule has 2 rings (SSSR count). The molecule has 0 bridgehead atoms. The molecule has 5 heteroatoms. The van der Waals surface area contributed by atoms with Crippen molar-refractivity contribution in [1.29, 1.82) is 0 Å². The van der Waals surface area contributed by atoms with Crippen molar-refractivity contribution < 1.29 is 23.7 Å². The fourth-order valence-electron chi connectivity index (χ4n) is 3.90.